The largest absolute Gasteiger partial charge is 0.586 e. The van der Waals surface area contributed by atoms with Crippen LogP contribution in [0.1, 0.15) is 6.92 Å². The van der Waals surface area contributed by atoms with Crippen molar-refractivity contribution in [1.29, 1.82) is 0 Å². The third kappa shape index (κ3) is 3.75. The number of benzene rings is 2. The molecule has 1 aliphatic heterocycles. The number of carbonyl (C=O) groups excluding carboxylic acids is 1. The first-order valence-corrected chi connectivity index (χ1v) is 11.3. The maximum atomic E-state index is 13.4. The summed E-state index contributed by atoms with van der Waals surface area (Å²) >= 11 is 0. The lowest BCUT2D eigenvalue weighted by atomic mass is 10.1. The van der Waals surface area contributed by atoms with E-state index in [1.165, 1.54) is 29.4 Å². The minimum absolute atomic E-state index is 0.130. The molecule has 3 aromatic heterocycles. The Kier molecular flexibility index (Phi) is 4.97. The molecule has 4 heterocycles. The predicted octanol–water partition coefficient (Wildman–Crippen LogP) is 3.05. The van der Waals surface area contributed by atoms with Gasteiger partial charge < -0.3 is 23.9 Å². The molecule has 5 aromatic rings. The van der Waals surface area contributed by atoms with Crippen LogP contribution in [0.4, 0.5) is 14.5 Å². The van der Waals surface area contributed by atoms with Crippen LogP contribution in [0.2, 0.25) is 0 Å². The zero-order valence-electron chi connectivity index (χ0n) is 19.6. The number of hydrogen-bond acceptors (Lipinski definition) is 7. The number of nitrogens with zero attached hydrogens (tertiary/aromatic N) is 6. The van der Waals surface area contributed by atoms with Crippen molar-refractivity contribution >= 4 is 33.7 Å². The Labute approximate surface area is 206 Å². The number of carbonyl (C=O) groups is 1. The maximum Gasteiger partial charge on any atom is 0.586 e. The molecule has 1 aliphatic rings. The van der Waals surface area contributed by atoms with E-state index in [9.17, 15) is 18.4 Å². The fourth-order valence-electron chi connectivity index (χ4n) is 4.38. The standard InChI is InChI=1S/C24H19F2N7O4/c1-3-32(14-5-7-17-18(9-14)37-24(25,26)36-17)19(34)10-33-23(35)22-21(27-11-28-22)20(30-33)13-4-6-15-16(8-13)31(2)12-29-15/h4-9,11-12H,3,10H2,1-2H3,(H,27,28). The summed E-state index contributed by atoms with van der Waals surface area (Å²) in [5.74, 6) is -0.797. The Morgan fingerprint density at radius 2 is 1.95 bits per heavy atom. The van der Waals surface area contributed by atoms with Gasteiger partial charge in [0.05, 0.1) is 29.2 Å². The molecule has 0 saturated heterocycles. The van der Waals surface area contributed by atoms with E-state index >= 15 is 0 Å². The Balaban J connectivity index is 1.37. The molecule has 6 rings (SSSR count). The monoisotopic (exact) mass is 507 g/mol. The van der Waals surface area contributed by atoms with Gasteiger partial charge >= 0.3 is 6.29 Å². The molecule has 0 radical (unpaired) electrons. The van der Waals surface area contributed by atoms with Crippen LogP contribution in [0, 0.1) is 0 Å². The quantitative estimate of drug-likeness (QED) is 0.388. The van der Waals surface area contributed by atoms with E-state index in [1.807, 2.05) is 29.8 Å². The van der Waals surface area contributed by atoms with E-state index in [4.69, 9.17) is 0 Å². The van der Waals surface area contributed by atoms with E-state index in [0.717, 1.165) is 15.7 Å². The highest BCUT2D eigenvalue weighted by atomic mass is 19.3. The molecule has 1 N–H and O–H groups in total. The third-order valence-electron chi connectivity index (χ3n) is 6.13. The third-order valence-corrected chi connectivity index (χ3v) is 6.13. The van der Waals surface area contributed by atoms with Gasteiger partial charge in [-0.15, -0.1) is 8.78 Å². The molecule has 37 heavy (non-hydrogen) atoms. The number of likely N-dealkylation sites (N-methyl/N-ethyl adjacent to an activating group) is 1. The predicted molar refractivity (Wildman–Crippen MR) is 129 cm³/mol. The van der Waals surface area contributed by atoms with Crippen LogP contribution in [0.15, 0.2) is 53.8 Å². The fraction of sp³-hybridized carbons (Fsp3) is 0.208. The highest BCUT2D eigenvalue weighted by molar-refractivity contribution is 5.94. The summed E-state index contributed by atoms with van der Waals surface area (Å²) in [7, 11) is 1.87. The number of halogens is 2. The number of hydrogen-bond donors (Lipinski definition) is 1. The first kappa shape index (κ1) is 22.6. The van der Waals surface area contributed by atoms with Gasteiger partial charge in [0, 0.05) is 30.9 Å². The molecule has 2 aromatic carbocycles. The molecule has 0 bridgehead atoms. The molecule has 0 saturated carbocycles. The number of alkyl halides is 2. The Bertz CT molecular complexity index is 1760. The smallest absolute Gasteiger partial charge is 0.395 e. The number of aromatic nitrogens is 6. The van der Waals surface area contributed by atoms with E-state index in [1.54, 1.807) is 13.3 Å². The second kappa shape index (κ2) is 8.11. The summed E-state index contributed by atoms with van der Waals surface area (Å²) in [4.78, 5) is 39.2. The maximum absolute atomic E-state index is 13.4. The molecular formula is C24H19F2N7O4. The molecule has 0 fully saturated rings. The van der Waals surface area contributed by atoms with Crippen molar-refractivity contribution in [3.05, 3.63) is 59.4 Å². The van der Waals surface area contributed by atoms with E-state index in [2.05, 4.69) is 29.5 Å². The Morgan fingerprint density at radius 3 is 2.76 bits per heavy atom. The number of anilines is 1. The molecule has 0 spiro atoms. The summed E-state index contributed by atoms with van der Waals surface area (Å²) in [6.45, 7) is 1.53. The summed E-state index contributed by atoms with van der Waals surface area (Å²) in [5, 5.41) is 4.50. The number of fused-ring (bicyclic) bond motifs is 3. The molecule has 0 atom stereocenters. The lowest BCUT2D eigenvalue weighted by Crippen LogP contribution is -2.37. The van der Waals surface area contributed by atoms with Crippen LogP contribution in [0.5, 0.6) is 11.5 Å². The topological polar surface area (TPSA) is 120 Å². The molecule has 0 unspecified atom stereocenters. The lowest BCUT2D eigenvalue weighted by Gasteiger charge is -2.21. The van der Waals surface area contributed by atoms with E-state index in [0.29, 0.717) is 22.5 Å². The Morgan fingerprint density at radius 1 is 1.14 bits per heavy atom. The van der Waals surface area contributed by atoms with Gasteiger partial charge in [0.2, 0.25) is 5.91 Å². The van der Waals surface area contributed by atoms with Crippen molar-refractivity contribution in [1.82, 2.24) is 29.3 Å². The number of aromatic amines is 1. The molecule has 11 nitrogen and oxygen atoms in total. The minimum Gasteiger partial charge on any atom is -0.395 e. The average molecular weight is 507 g/mol. The zero-order valence-corrected chi connectivity index (χ0v) is 19.6. The van der Waals surface area contributed by atoms with Crippen LogP contribution in [0.25, 0.3) is 33.3 Å². The van der Waals surface area contributed by atoms with Gasteiger partial charge in [0.15, 0.2) is 17.0 Å². The van der Waals surface area contributed by atoms with Crippen LogP contribution in [-0.4, -0.2) is 48.0 Å². The van der Waals surface area contributed by atoms with Crippen molar-refractivity contribution < 1.29 is 23.0 Å². The van der Waals surface area contributed by atoms with Gasteiger partial charge in [-0.3, -0.25) is 9.59 Å². The zero-order chi connectivity index (χ0) is 25.9. The Hall–Kier alpha value is -4.81. The fourth-order valence-corrected chi connectivity index (χ4v) is 4.38. The van der Waals surface area contributed by atoms with E-state index < -0.39 is 24.3 Å². The van der Waals surface area contributed by atoms with Gasteiger partial charge in [0.25, 0.3) is 5.56 Å². The van der Waals surface area contributed by atoms with Crippen LogP contribution in [-0.2, 0) is 18.4 Å². The molecule has 13 heteroatoms. The highest BCUT2D eigenvalue weighted by Gasteiger charge is 2.43. The first-order chi connectivity index (χ1) is 17.7. The van der Waals surface area contributed by atoms with Crippen molar-refractivity contribution in [2.75, 3.05) is 11.4 Å². The van der Waals surface area contributed by atoms with E-state index in [-0.39, 0.29) is 23.6 Å². The number of imidazole rings is 2. The second-order valence-corrected chi connectivity index (χ2v) is 8.43. The van der Waals surface area contributed by atoms with Gasteiger partial charge in [0.1, 0.15) is 12.2 Å². The number of amides is 1. The highest BCUT2D eigenvalue weighted by Crippen LogP contribution is 2.42. The summed E-state index contributed by atoms with van der Waals surface area (Å²) < 4.78 is 38.7. The molecule has 1 amide bonds. The van der Waals surface area contributed by atoms with Gasteiger partial charge in [-0.05, 0) is 31.2 Å². The van der Waals surface area contributed by atoms with Crippen LogP contribution in [0.3, 0.4) is 0 Å². The lowest BCUT2D eigenvalue weighted by molar-refractivity contribution is -0.286. The van der Waals surface area contributed by atoms with Crippen molar-refractivity contribution in [3.8, 4) is 22.8 Å². The normalized spacial score (nSPS) is 13.9. The number of aryl methyl sites for hydroxylation is 1. The second-order valence-electron chi connectivity index (χ2n) is 8.43. The summed E-state index contributed by atoms with van der Waals surface area (Å²) in [5.41, 5.74) is 3.16. The number of H-pyrrole nitrogens is 1. The molecule has 188 valence electrons. The van der Waals surface area contributed by atoms with Crippen molar-refractivity contribution in [2.24, 2.45) is 7.05 Å². The summed E-state index contributed by atoms with van der Waals surface area (Å²) in [6, 6.07) is 9.62. The van der Waals surface area contributed by atoms with Gasteiger partial charge in [-0.1, -0.05) is 6.07 Å². The number of rotatable bonds is 5. The summed E-state index contributed by atoms with van der Waals surface area (Å²) in [6.07, 6.45) is -0.677. The van der Waals surface area contributed by atoms with Crippen LogP contribution < -0.4 is 19.9 Å². The number of nitrogens with one attached hydrogen (secondary N) is 1. The van der Waals surface area contributed by atoms with Gasteiger partial charge in [-0.2, -0.15) is 5.10 Å². The van der Waals surface area contributed by atoms with Crippen LogP contribution >= 0.6 is 0 Å². The van der Waals surface area contributed by atoms with Gasteiger partial charge in [-0.25, -0.2) is 14.6 Å². The minimum atomic E-state index is -3.77. The number of ether oxygens (including phenoxy) is 2. The van der Waals surface area contributed by atoms with Crippen molar-refractivity contribution in [2.45, 2.75) is 19.8 Å². The first-order valence-electron chi connectivity index (χ1n) is 11.3. The average Bonchev–Trinajstić information content (AvgIpc) is 3.57. The van der Waals surface area contributed by atoms with Crippen molar-refractivity contribution in [3.63, 3.8) is 0 Å². The SMILES string of the molecule is CCN(C(=O)Cn1nc(-c2ccc3ncn(C)c3c2)c2[nH]cnc2c1=O)c1ccc2c(c1)OC(F)(F)O2. The molecular weight excluding hydrogens is 488 g/mol. The molecule has 0 aliphatic carbocycles.